The highest BCUT2D eigenvalue weighted by Gasteiger charge is 2.17. The third-order valence-electron chi connectivity index (χ3n) is 4.24. The van der Waals surface area contributed by atoms with Crippen molar-refractivity contribution in [3.63, 3.8) is 0 Å². The highest BCUT2D eigenvalue weighted by molar-refractivity contribution is 6.05. The summed E-state index contributed by atoms with van der Waals surface area (Å²) in [5.74, 6) is 2.45. The summed E-state index contributed by atoms with van der Waals surface area (Å²) < 4.78 is 0. The number of amidine groups is 1. The number of anilines is 1. The molecule has 2 aromatic rings. The maximum Gasteiger partial charge on any atom is 0.161 e. The van der Waals surface area contributed by atoms with E-state index >= 15 is 0 Å². The predicted octanol–water partition coefficient (Wildman–Crippen LogP) is 4.31. The molecule has 1 aliphatic rings. The fourth-order valence-electron chi connectivity index (χ4n) is 2.69. The molecule has 0 aliphatic carbocycles. The monoisotopic (exact) mass is 306 g/mol. The van der Waals surface area contributed by atoms with Gasteiger partial charge in [0.1, 0.15) is 11.7 Å². The lowest BCUT2D eigenvalue weighted by Gasteiger charge is -2.12. The summed E-state index contributed by atoms with van der Waals surface area (Å²) in [5, 5.41) is 3.38. The lowest BCUT2D eigenvalue weighted by molar-refractivity contribution is 0.756. The van der Waals surface area contributed by atoms with Crippen molar-refractivity contribution in [1.29, 1.82) is 0 Å². The van der Waals surface area contributed by atoms with E-state index in [1.807, 2.05) is 44.2 Å². The first-order valence-corrected chi connectivity index (χ1v) is 8.02. The highest BCUT2D eigenvalue weighted by atomic mass is 15.1. The van der Waals surface area contributed by atoms with Gasteiger partial charge in [-0.3, -0.25) is 4.99 Å². The van der Waals surface area contributed by atoms with E-state index in [1.54, 1.807) is 0 Å². The zero-order valence-corrected chi connectivity index (χ0v) is 14.1. The molecular weight excluding hydrogens is 284 g/mol. The van der Waals surface area contributed by atoms with Crippen LogP contribution in [0.25, 0.3) is 11.4 Å². The Hall–Kier alpha value is -2.49. The second-order valence-electron chi connectivity index (χ2n) is 5.92. The van der Waals surface area contributed by atoms with Crippen LogP contribution in [0.5, 0.6) is 0 Å². The maximum absolute atomic E-state index is 4.71. The first kappa shape index (κ1) is 15.4. The molecule has 1 aromatic carbocycles. The van der Waals surface area contributed by atoms with Crippen molar-refractivity contribution in [2.75, 3.05) is 5.32 Å². The molecule has 0 saturated carbocycles. The average molecular weight is 306 g/mol. The Labute approximate surface area is 137 Å². The second kappa shape index (κ2) is 6.32. The van der Waals surface area contributed by atoms with Gasteiger partial charge in [-0.1, -0.05) is 37.3 Å². The molecule has 3 rings (SSSR count). The molecule has 1 atom stereocenters. The van der Waals surface area contributed by atoms with E-state index in [2.05, 4.69) is 30.2 Å². The molecule has 0 spiro atoms. The lowest BCUT2D eigenvalue weighted by atomic mass is 10.1. The topological polar surface area (TPSA) is 50.2 Å². The minimum absolute atomic E-state index is 0.286. The number of hydrogen-bond acceptors (Lipinski definition) is 4. The Balaban J connectivity index is 1.95. The van der Waals surface area contributed by atoms with Gasteiger partial charge in [-0.05, 0) is 38.8 Å². The van der Waals surface area contributed by atoms with Crippen molar-refractivity contribution < 1.29 is 0 Å². The molecule has 1 unspecified atom stereocenters. The molecule has 1 N–H and O–H groups in total. The third-order valence-corrected chi connectivity index (χ3v) is 4.24. The van der Waals surface area contributed by atoms with Gasteiger partial charge in [0.2, 0.25) is 0 Å². The van der Waals surface area contributed by atoms with Crippen molar-refractivity contribution in [3.8, 4) is 11.4 Å². The van der Waals surface area contributed by atoms with E-state index in [9.17, 15) is 0 Å². The molecule has 4 heteroatoms. The van der Waals surface area contributed by atoms with Crippen LogP contribution < -0.4 is 5.32 Å². The standard InChI is InChI=1S/C19H22N4/c1-5-16-12(2)11-17(21-16)22-18-13(3)14(4)20-19(23-18)15-9-7-6-8-10-15/h6-11,16H,5H2,1-4H3,(H,20,21,22,23). The molecule has 118 valence electrons. The predicted molar refractivity (Wildman–Crippen MR) is 95.8 cm³/mol. The minimum atomic E-state index is 0.286. The number of aliphatic imine (C=N–C) groups is 1. The molecule has 0 amide bonds. The summed E-state index contributed by atoms with van der Waals surface area (Å²) in [6, 6.07) is 10.3. The average Bonchev–Trinajstić information content (AvgIpc) is 2.92. The molecule has 4 nitrogen and oxygen atoms in total. The van der Waals surface area contributed by atoms with Crippen LogP contribution in [0.1, 0.15) is 31.5 Å². The van der Waals surface area contributed by atoms with E-state index < -0.39 is 0 Å². The van der Waals surface area contributed by atoms with Gasteiger partial charge in [0.05, 0.1) is 6.04 Å². The normalized spacial score (nSPS) is 17.0. The van der Waals surface area contributed by atoms with Gasteiger partial charge in [-0.25, -0.2) is 9.97 Å². The summed E-state index contributed by atoms with van der Waals surface area (Å²) >= 11 is 0. The number of aryl methyl sites for hydroxylation is 1. The van der Waals surface area contributed by atoms with Crippen LogP contribution in [0.2, 0.25) is 0 Å². The molecule has 0 bridgehead atoms. The molecule has 0 radical (unpaired) electrons. The van der Waals surface area contributed by atoms with Crippen LogP contribution in [0.3, 0.4) is 0 Å². The largest absolute Gasteiger partial charge is 0.325 e. The molecule has 0 fully saturated rings. The molecule has 23 heavy (non-hydrogen) atoms. The Bertz CT molecular complexity index is 775. The van der Waals surface area contributed by atoms with Crippen LogP contribution in [0, 0.1) is 13.8 Å². The zero-order chi connectivity index (χ0) is 16.4. The molecule has 2 heterocycles. The van der Waals surface area contributed by atoms with Crippen molar-refractivity contribution in [2.45, 2.75) is 40.2 Å². The summed E-state index contributed by atoms with van der Waals surface area (Å²) in [7, 11) is 0. The van der Waals surface area contributed by atoms with Crippen LogP contribution in [-0.2, 0) is 0 Å². The van der Waals surface area contributed by atoms with Crippen LogP contribution >= 0.6 is 0 Å². The van der Waals surface area contributed by atoms with Crippen LogP contribution in [0.4, 0.5) is 5.82 Å². The van der Waals surface area contributed by atoms with E-state index in [0.29, 0.717) is 0 Å². The maximum atomic E-state index is 4.71. The second-order valence-corrected chi connectivity index (χ2v) is 5.92. The molecule has 1 aliphatic heterocycles. The number of nitrogens with one attached hydrogen (secondary N) is 1. The Morgan fingerprint density at radius 3 is 2.43 bits per heavy atom. The van der Waals surface area contributed by atoms with Crippen molar-refractivity contribution >= 4 is 11.7 Å². The van der Waals surface area contributed by atoms with Crippen LogP contribution in [0.15, 0.2) is 47.0 Å². The van der Waals surface area contributed by atoms with E-state index in [0.717, 1.165) is 40.7 Å². The first-order valence-electron chi connectivity index (χ1n) is 8.02. The zero-order valence-electron chi connectivity index (χ0n) is 14.1. The smallest absolute Gasteiger partial charge is 0.161 e. The van der Waals surface area contributed by atoms with E-state index in [4.69, 9.17) is 9.98 Å². The molecule has 0 saturated heterocycles. The highest BCUT2D eigenvalue weighted by Crippen LogP contribution is 2.23. The number of aromatic nitrogens is 2. The van der Waals surface area contributed by atoms with E-state index in [-0.39, 0.29) is 6.04 Å². The van der Waals surface area contributed by atoms with Crippen LogP contribution in [-0.4, -0.2) is 21.8 Å². The SMILES string of the molecule is CCC1N=C(Nc2nc(-c3ccccc3)nc(C)c2C)C=C1C. The number of benzene rings is 1. The van der Waals surface area contributed by atoms with Gasteiger partial charge in [0, 0.05) is 16.8 Å². The van der Waals surface area contributed by atoms with Crippen molar-refractivity contribution in [2.24, 2.45) is 4.99 Å². The number of nitrogens with zero attached hydrogens (tertiary/aromatic N) is 3. The minimum Gasteiger partial charge on any atom is -0.325 e. The first-order chi connectivity index (χ1) is 11.1. The number of hydrogen-bond donors (Lipinski definition) is 1. The summed E-state index contributed by atoms with van der Waals surface area (Å²) in [6.45, 7) is 8.33. The molecular formula is C19H22N4. The number of rotatable bonds is 3. The quantitative estimate of drug-likeness (QED) is 0.919. The fraction of sp³-hybridized carbons (Fsp3) is 0.316. The summed E-state index contributed by atoms with van der Waals surface area (Å²) in [4.78, 5) is 14.0. The Morgan fingerprint density at radius 1 is 1.04 bits per heavy atom. The summed E-state index contributed by atoms with van der Waals surface area (Å²) in [6.07, 6.45) is 3.12. The van der Waals surface area contributed by atoms with Gasteiger partial charge in [0.15, 0.2) is 5.82 Å². The van der Waals surface area contributed by atoms with Gasteiger partial charge < -0.3 is 5.32 Å². The Morgan fingerprint density at radius 2 is 1.78 bits per heavy atom. The lowest BCUT2D eigenvalue weighted by Crippen LogP contribution is -2.12. The Kier molecular flexibility index (Phi) is 4.24. The van der Waals surface area contributed by atoms with Gasteiger partial charge in [-0.15, -0.1) is 0 Å². The van der Waals surface area contributed by atoms with Crippen molar-refractivity contribution in [1.82, 2.24) is 9.97 Å². The summed E-state index contributed by atoms with van der Waals surface area (Å²) in [5.41, 5.74) is 4.35. The van der Waals surface area contributed by atoms with Gasteiger partial charge in [0.25, 0.3) is 0 Å². The van der Waals surface area contributed by atoms with Crippen molar-refractivity contribution in [3.05, 3.63) is 53.2 Å². The molecule has 1 aromatic heterocycles. The van der Waals surface area contributed by atoms with E-state index in [1.165, 1.54) is 5.57 Å². The van der Waals surface area contributed by atoms with Gasteiger partial charge >= 0.3 is 0 Å². The fourth-order valence-corrected chi connectivity index (χ4v) is 2.69. The third kappa shape index (κ3) is 3.16. The van der Waals surface area contributed by atoms with Gasteiger partial charge in [-0.2, -0.15) is 0 Å².